The number of aliphatic hydroxyl groups excluding tert-OH is 1. The number of phenols is 1. The highest BCUT2D eigenvalue weighted by Gasteiger charge is 2.31. The Morgan fingerprint density at radius 3 is 1.95 bits per heavy atom. The van der Waals surface area contributed by atoms with Gasteiger partial charge >= 0.3 is 11.9 Å². The van der Waals surface area contributed by atoms with Crippen LogP contribution in [0.1, 0.15) is 24.8 Å². The van der Waals surface area contributed by atoms with Crippen molar-refractivity contribution in [1.29, 1.82) is 0 Å². The number of rotatable bonds is 16. The summed E-state index contributed by atoms with van der Waals surface area (Å²) >= 11 is 0. The number of phenolic OH excluding ortho intramolecular Hbond substituents is 1. The third-order valence-electron chi connectivity index (χ3n) is 5.12. The van der Waals surface area contributed by atoms with Gasteiger partial charge in [0.1, 0.15) is 23.9 Å². The van der Waals surface area contributed by atoms with Crippen molar-refractivity contribution in [3.8, 4) is 5.75 Å². The Bertz CT molecular complexity index is 1010. The number of hydrogen-bond donors (Lipinski definition) is 10. The van der Waals surface area contributed by atoms with Crippen LogP contribution in [-0.2, 0) is 30.4 Å². The molecule has 0 aliphatic rings. The molecular weight excluding hydrogens is 506 g/mol. The first-order valence-corrected chi connectivity index (χ1v) is 11.4. The number of nitrogens with two attached hydrogens (primary N) is 3. The van der Waals surface area contributed by atoms with E-state index < -0.39 is 66.9 Å². The van der Waals surface area contributed by atoms with Crippen molar-refractivity contribution < 1.29 is 44.4 Å². The maximum Gasteiger partial charge on any atom is 0.326 e. The average Bonchev–Trinajstić information content (AvgIpc) is 2.84. The summed E-state index contributed by atoms with van der Waals surface area (Å²) in [4.78, 5) is 64.3. The van der Waals surface area contributed by atoms with Crippen LogP contribution in [0.5, 0.6) is 5.75 Å². The van der Waals surface area contributed by atoms with Crippen LogP contribution in [0.2, 0.25) is 0 Å². The van der Waals surface area contributed by atoms with Gasteiger partial charge in [0, 0.05) is 13.0 Å². The third kappa shape index (κ3) is 11.5. The van der Waals surface area contributed by atoms with Gasteiger partial charge in [-0.3, -0.25) is 24.2 Å². The van der Waals surface area contributed by atoms with Crippen molar-refractivity contribution in [2.24, 2.45) is 22.2 Å². The Hall–Kier alpha value is -4.44. The van der Waals surface area contributed by atoms with Gasteiger partial charge in [-0.15, -0.1) is 0 Å². The molecule has 0 saturated heterocycles. The Morgan fingerprint density at radius 2 is 1.42 bits per heavy atom. The number of guanidine groups is 1. The molecular formula is C22H33N7O9. The summed E-state index contributed by atoms with van der Waals surface area (Å²) in [6.45, 7) is -0.693. The molecule has 0 bridgehead atoms. The van der Waals surface area contributed by atoms with Gasteiger partial charge in [0.05, 0.1) is 19.1 Å². The highest BCUT2D eigenvalue weighted by molar-refractivity contribution is 5.95. The number of nitrogens with one attached hydrogen (secondary N) is 3. The standard InChI is InChI=1S/C22H33N7O9/c23-13(2-1-7-26-22(24)25)18(34)29-16(10-30)20(36)27-14(9-17(32)33)19(35)28-15(21(37)38)8-11-3-5-12(31)6-4-11/h3-6,13-16,30-31H,1-2,7-10,23H2,(H,27,36)(H,28,35)(H,29,34)(H,32,33)(H,37,38)(H4,24,25,26). The van der Waals surface area contributed by atoms with E-state index in [0.29, 0.717) is 12.0 Å². The number of aromatic hydroxyl groups is 1. The molecule has 0 aromatic heterocycles. The number of benzene rings is 1. The maximum atomic E-state index is 12.7. The van der Waals surface area contributed by atoms with Gasteiger partial charge in [-0.25, -0.2) is 4.79 Å². The molecule has 0 heterocycles. The fourth-order valence-corrected chi connectivity index (χ4v) is 3.12. The smallest absolute Gasteiger partial charge is 0.326 e. The molecule has 0 radical (unpaired) electrons. The van der Waals surface area contributed by atoms with Crippen molar-refractivity contribution >= 4 is 35.6 Å². The fraction of sp³-hybridized carbons (Fsp3) is 0.455. The molecule has 3 amide bonds. The summed E-state index contributed by atoms with van der Waals surface area (Å²) in [6.07, 6.45) is -0.632. The zero-order valence-corrected chi connectivity index (χ0v) is 20.4. The quantitative estimate of drug-likeness (QED) is 0.0552. The predicted molar refractivity (Wildman–Crippen MR) is 132 cm³/mol. The van der Waals surface area contributed by atoms with E-state index >= 15 is 0 Å². The summed E-state index contributed by atoms with van der Waals surface area (Å²) in [7, 11) is 0. The Morgan fingerprint density at radius 1 is 0.868 bits per heavy atom. The van der Waals surface area contributed by atoms with Gasteiger partial charge in [0.15, 0.2) is 5.96 Å². The lowest BCUT2D eigenvalue weighted by atomic mass is 10.0. The molecule has 1 aromatic rings. The molecule has 0 aliphatic heterocycles. The van der Waals surface area contributed by atoms with Crippen LogP contribution >= 0.6 is 0 Å². The van der Waals surface area contributed by atoms with Crippen molar-refractivity contribution in [3.63, 3.8) is 0 Å². The molecule has 38 heavy (non-hydrogen) atoms. The lowest BCUT2D eigenvalue weighted by molar-refractivity contribution is -0.143. The van der Waals surface area contributed by atoms with E-state index in [0.717, 1.165) is 0 Å². The number of aliphatic hydroxyl groups is 1. The molecule has 1 rings (SSSR count). The fourth-order valence-electron chi connectivity index (χ4n) is 3.12. The molecule has 0 spiro atoms. The van der Waals surface area contributed by atoms with E-state index in [-0.39, 0.29) is 31.1 Å². The van der Waals surface area contributed by atoms with E-state index in [1.54, 1.807) is 0 Å². The Labute approximate surface area is 217 Å². The number of carbonyl (C=O) groups is 5. The van der Waals surface area contributed by atoms with Crippen molar-refractivity contribution in [2.75, 3.05) is 13.2 Å². The monoisotopic (exact) mass is 539 g/mol. The summed E-state index contributed by atoms with van der Waals surface area (Å²) in [5.74, 6) is -6.11. The maximum absolute atomic E-state index is 12.7. The van der Waals surface area contributed by atoms with Crippen LogP contribution in [0.15, 0.2) is 29.3 Å². The summed E-state index contributed by atoms with van der Waals surface area (Å²) < 4.78 is 0. The first-order chi connectivity index (χ1) is 17.8. The van der Waals surface area contributed by atoms with Crippen LogP contribution in [0.4, 0.5) is 0 Å². The van der Waals surface area contributed by atoms with Crippen LogP contribution in [0, 0.1) is 0 Å². The van der Waals surface area contributed by atoms with Gasteiger partial charge in [-0.2, -0.15) is 0 Å². The lowest BCUT2D eigenvalue weighted by Crippen LogP contribution is -2.58. The molecule has 13 N–H and O–H groups in total. The zero-order chi connectivity index (χ0) is 28.8. The molecule has 16 heteroatoms. The molecule has 4 atom stereocenters. The topological polar surface area (TPSA) is 293 Å². The number of carbonyl (C=O) groups excluding carboxylic acids is 3. The second kappa shape index (κ2) is 15.6. The minimum absolute atomic E-state index is 0.0497. The molecule has 0 saturated carbocycles. The number of carboxylic acids is 2. The summed E-state index contributed by atoms with van der Waals surface area (Å²) in [5, 5.41) is 44.1. The molecule has 4 unspecified atom stereocenters. The second-order valence-corrected chi connectivity index (χ2v) is 8.23. The minimum Gasteiger partial charge on any atom is -0.508 e. The molecule has 0 aliphatic carbocycles. The summed E-state index contributed by atoms with van der Waals surface area (Å²) in [5.41, 5.74) is 16.6. The number of hydrogen-bond acceptors (Lipinski definition) is 9. The second-order valence-electron chi connectivity index (χ2n) is 8.23. The van der Waals surface area contributed by atoms with Crippen molar-refractivity contribution in [1.82, 2.24) is 16.0 Å². The predicted octanol–water partition coefficient (Wildman–Crippen LogP) is -3.68. The average molecular weight is 540 g/mol. The van der Waals surface area contributed by atoms with E-state index in [2.05, 4.69) is 20.9 Å². The first-order valence-electron chi connectivity index (χ1n) is 11.4. The van der Waals surface area contributed by atoms with E-state index in [1.165, 1.54) is 24.3 Å². The number of nitrogens with zero attached hydrogens (tertiary/aromatic N) is 1. The largest absolute Gasteiger partial charge is 0.508 e. The van der Waals surface area contributed by atoms with Crippen LogP contribution in [0.3, 0.4) is 0 Å². The van der Waals surface area contributed by atoms with E-state index in [4.69, 9.17) is 22.3 Å². The normalized spacial score (nSPS) is 13.7. The number of amides is 3. The lowest BCUT2D eigenvalue weighted by Gasteiger charge is -2.23. The number of aliphatic imine (C=N–C) groups is 1. The van der Waals surface area contributed by atoms with Gasteiger partial charge in [0.25, 0.3) is 0 Å². The van der Waals surface area contributed by atoms with Gasteiger partial charge in [0.2, 0.25) is 17.7 Å². The van der Waals surface area contributed by atoms with Gasteiger partial charge in [-0.05, 0) is 30.5 Å². The van der Waals surface area contributed by atoms with Crippen molar-refractivity contribution in [2.45, 2.75) is 49.9 Å². The van der Waals surface area contributed by atoms with E-state index in [9.17, 15) is 39.3 Å². The highest BCUT2D eigenvalue weighted by atomic mass is 16.4. The Balaban J connectivity index is 2.84. The summed E-state index contributed by atoms with van der Waals surface area (Å²) in [6, 6.07) is -0.373. The SMILES string of the molecule is NC(N)=NCCCC(N)C(=O)NC(CO)C(=O)NC(CC(=O)O)C(=O)NC(Cc1ccc(O)cc1)C(=O)O. The number of carboxylic acid groups (broad SMARTS) is 2. The van der Waals surface area contributed by atoms with E-state index in [1.807, 2.05) is 0 Å². The van der Waals surface area contributed by atoms with Gasteiger partial charge < -0.3 is 53.6 Å². The first kappa shape index (κ1) is 31.6. The van der Waals surface area contributed by atoms with Crippen LogP contribution < -0.4 is 33.2 Å². The molecule has 1 aromatic carbocycles. The molecule has 0 fully saturated rings. The van der Waals surface area contributed by atoms with Crippen molar-refractivity contribution in [3.05, 3.63) is 29.8 Å². The van der Waals surface area contributed by atoms with Crippen LogP contribution in [0.25, 0.3) is 0 Å². The Kier molecular flexibility index (Phi) is 13.0. The molecule has 16 nitrogen and oxygen atoms in total. The van der Waals surface area contributed by atoms with Gasteiger partial charge in [-0.1, -0.05) is 12.1 Å². The number of aliphatic carboxylic acids is 2. The van der Waals surface area contributed by atoms with Crippen LogP contribution in [-0.4, -0.2) is 93.4 Å². The molecule has 210 valence electrons. The minimum atomic E-state index is -1.74. The highest BCUT2D eigenvalue weighted by Crippen LogP contribution is 2.12. The third-order valence-corrected chi connectivity index (χ3v) is 5.12. The zero-order valence-electron chi connectivity index (χ0n) is 20.4.